The molecule has 112 valence electrons. The number of sulfone groups is 1. The van der Waals surface area contributed by atoms with Gasteiger partial charge in [0.1, 0.15) is 5.37 Å². The smallest absolute Gasteiger partial charge is 0.164 e. The van der Waals surface area contributed by atoms with Crippen molar-refractivity contribution < 1.29 is 8.42 Å². The summed E-state index contributed by atoms with van der Waals surface area (Å²) in [7, 11) is -3.00. The van der Waals surface area contributed by atoms with Gasteiger partial charge in [-0.2, -0.15) is 11.8 Å². The van der Waals surface area contributed by atoms with Crippen LogP contribution in [0, 0.1) is 0 Å². The topological polar surface area (TPSA) is 63.4 Å². The van der Waals surface area contributed by atoms with Crippen LogP contribution in [0.2, 0.25) is 0 Å². The van der Waals surface area contributed by atoms with Crippen molar-refractivity contribution in [1.82, 2.24) is 4.90 Å². The van der Waals surface area contributed by atoms with Crippen LogP contribution < -0.4 is 5.73 Å². The molecule has 6 heteroatoms. The molecule has 2 N–H and O–H groups in total. The first kappa shape index (κ1) is 15.7. The Hall–Kier alpha value is -0.720. The van der Waals surface area contributed by atoms with E-state index in [2.05, 4.69) is 4.90 Å². The molecule has 0 amide bonds. The third-order valence-electron chi connectivity index (χ3n) is 3.63. The summed E-state index contributed by atoms with van der Waals surface area (Å²) in [4.78, 5) is 2.10. The molecular weight excluding hydrogens is 292 g/mol. The van der Waals surface area contributed by atoms with Gasteiger partial charge in [-0.1, -0.05) is 18.2 Å². The minimum atomic E-state index is -3.00. The molecule has 1 unspecified atom stereocenters. The summed E-state index contributed by atoms with van der Waals surface area (Å²) in [6.07, 6.45) is 3.17. The van der Waals surface area contributed by atoms with Crippen molar-refractivity contribution >= 4 is 27.3 Å². The Balaban J connectivity index is 1.91. The highest BCUT2D eigenvalue weighted by Gasteiger charge is 2.30. The van der Waals surface area contributed by atoms with Crippen molar-refractivity contribution in [3.63, 3.8) is 0 Å². The number of anilines is 1. The third kappa shape index (κ3) is 4.14. The van der Waals surface area contributed by atoms with Gasteiger partial charge >= 0.3 is 0 Å². The molecule has 2 rings (SSSR count). The van der Waals surface area contributed by atoms with E-state index in [0.29, 0.717) is 5.75 Å². The molecule has 0 bridgehead atoms. The van der Waals surface area contributed by atoms with Crippen LogP contribution in [0.3, 0.4) is 0 Å². The number of aryl methyl sites for hydroxylation is 1. The van der Waals surface area contributed by atoms with E-state index >= 15 is 0 Å². The number of nitrogens with two attached hydrogens (primary N) is 1. The molecule has 0 radical (unpaired) electrons. The van der Waals surface area contributed by atoms with Crippen molar-refractivity contribution in [2.75, 3.05) is 36.6 Å². The Labute approximate surface area is 125 Å². The van der Waals surface area contributed by atoms with Crippen LogP contribution in [0.1, 0.15) is 12.0 Å². The lowest BCUT2D eigenvalue weighted by molar-refractivity contribution is 0.267. The fourth-order valence-electron chi connectivity index (χ4n) is 2.50. The highest BCUT2D eigenvalue weighted by molar-refractivity contribution is 8.00. The molecular formula is C14H22N2O2S2. The summed E-state index contributed by atoms with van der Waals surface area (Å²) in [6.45, 7) is 1.67. The molecule has 0 aliphatic carbocycles. The molecule has 1 aliphatic rings. The largest absolute Gasteiger partial charge is 0.399 e. The van der Waals surface area contributed by atoms with Crippen LogP contribution >= 0.6 is 11.8 Å². The van der Waals surface area contributed by atoms with Crippen LogP contribution in [0.15, 0.2) is 24.3 Å². The van der Waals surface area contributed by atoms with Crippen LogP contribution in [0.25, 0.3) is 0 Å². The van der Waals surface area contributed by atoms with Crippen LogP contribution in [-0.2, 0) is 16.3 Å². The first-order valence-corrected chi connectivity index (χ1v) is 9.93. The lowest BCUT2D eigenvalue weighted by atomic mass is 10.1. The Morgan fingerprint density at radius 3 is 2.85 bits per heavy atom. The number of hydrogen-bond donors (Lipinski definition) is 1. The molecule has 1 atom stereocenters. The van der Waals surface area contributed by atoms with Crippen LogP contribution in [-0.4, -0.2) is 49.5 Å². The van der Waals surface area contributed by atoms with Gasteiger partial charge in [0.25, 0.3) is 0 Å². The highest BCUT2D eigenvalue weighted by Crippen LogP contribution is 2.21. The minimum absolute atomic E-state index is 0.325. The Kier molecular flexibility index (Phi) is 5.35. The maximum atomic E-state index is 11.8. The van der Waals surface area contributed by atoms with Gasteiger partial charge in [-0.25, -0.2) is 8.42 Å². The molecule has 1 aliphatic heterocycles. The van der Waals surface area contributed by atoms with E-state index < -0.39 is 9.84 Å². The molecule has 1 aromatic rings. The van der Waals surface area contributed by atoms with E-state index in [1.165, 1.54) is 6.26 Å². The number of nitrogens with zero attached hydrogens (tertiary/aromatic N) is 1. The molecule has 0 aromatic heterocycles. The molecule has 4 nitrogen and oxygen atoms in total. The predicted molar refractivity (Wildman–Crippen MR) is 86.7 cm³/mol. The fraction of sp³-hybridized carbons (Fsp3) is 0.571. The average molecular weight is 314 g/mol. The second kappa shape index (κ2) is 6.83. The summed E-state index contributed by atoms with van der Waals surface area (Å²) < 4.78 is 23.6. The van der Waals surface area contributed by atoms with Gasteiger partial charge in [-0.15, -0.1) is 0 Å². The summed E-state index contributed by atoms with van der Waals surface area (Å²) in [5.74, 6) is 1.70. The SMILES string of the molecule is CS(=O)(=O)C1CSCCN1CCCc1ccccc1N. The molecule has 1 heterocycles. The minimum Gasteiger partial charge on any atom is -0.399 e. The van der Waals surface area contributed by atoms with Gasteiger partial charge in [-0.3, -0.25) is 4.90 Å². The van der Waals surface area contributed by atoms with Gasteiger partial charge in [0.05, 0.1) is 0 Å². The van der Waals surface area contributed by atoms with Gasteiger partial charge < -0.3 is 5.73 Å². The van der Waals surface area contributed by atoms with E-state index in [1.807, 2.05) is 24.3 Å². The first-order valence-electron chi connectivity index (χ1n) is 6.82. The normalized spacial score (nSPS) is 20.9. The number of para-hydroxylation sites is 1. The van der Waals surface area contributed by atoms with Gasteiger partial charge in [0, 0.05) is 30.0 Å². The Bertz CT molecular complexity index is 546. The van der Waals surface area contributed by atoms with E-state index in [4.69, 9.17) is 5.73 Å². The molecule has 20 heavy (non-hydrogen) atoms. The average Bonchev–Trinajstić information content (AvgIpc) is 2.40. The summed E-state index contributed by atoms with van der Waals surface area (Å²) >= 11 is 1.73. The number of benzene rings is 1. The zero-order valence-corrected chi connectivity index (χ0v) is 13.4. The maximum Gasteiger partial charge on any atom is 0.164 e. The number of thioether (sulfide) groups is 1. The molecule has 1 fully saturated rings. The molecule has 0 spiro atoms. The third-order valence-corrected chi connectivity index (χ3v) is 6.32. The number of hydrogen-bond acceptors (Lipinski definition) is 5. The van der Waals surface area contributed by atoms with Crippen molar-refractivity contribution in [2.45, 2.75) is 18.2 Å². The molecule has 1 aromatic carbocycles. The van der Waals surface area contributed by atoms with Crippen LogP contribution in [0.5, 0.6) is 0 Å². The lowest BCUT2D eigenvalue weighted by Gasteiger charge is -2.33. The summed E-state index contributed by atoms with van der Waals surface area (Å²) in [6, 6.07) is 7.87. The fourth-order valence-corrected chi connectivity index (χ4v) is 5.47. The van der Waals surface area contributed by atoms with E-state index in [1.54, 1.807) is 11.8 Å². The zero-order chi connectivity index (χ0) is 14.6. The molecule has 0 saturated carbocycles. The van der Waals surface area contributed by atoms with Gasteiger partial charge in [0.15, 0.2) is 9.84 Å². The second-order valence-electron chi connectivity index (χ2n) is 5.20. The zero-order valence-electron chi connectivity index (χ0n) is 11.8. The van der Waals surface area contributed by atoms with Crippen molar-refractivity contribution in [3.05, 3.63) is 29.8 Å². The van der Waals surface area contributed by atoms with E-state index in [9.17, 15) is 8.42 Å². The van der Waals surface area contributed by atoms with Crippen molar-refractivity contribution in [2.24, 2.45) is 0 Å². The second-order valence-corrected chi connectivity index (χ2v) is 8.55. The van der Waals surface area contributed by atoms with E-state index in [-0.39, 0.29) is 5.37 Å². The van der Waals surface area contributed by atoms with E-state index in [0.717, 1.165) is 42.9 Å². The summed E-state index contributed by atoms with van der Waals surface area (Å²) in [5, 5.41) is -0.325. The Morgan fingerprint density at radius 1 is 1.40 bits per heavy atom. The number of rotatable bonds is 5. The standard InChI is InChI=1S/C14H22N2O2S2/c1-20(17,18)14-11-19-10-9-16(14)8-4-6-12-5-2-3-7-13(12)15/h2-3,5,7,14H,4,6,8-11,15H2,1H3. The van der Waals surface area contributed by atoms with Crippen molar-refractivity contribution in [1.29, 1.82) is 0 Å². The van der Waals surface area contributed by atoms with Crippen LogP contribution in [0.4, 0.5) is 5.69 Å². The quantitative estimate of drug-likeness (QED) is 0.837. The first-order chi connectivity index (χ1) is 9.48. The number of nitrogen functional groups attached to an aromatic ring is 1. The van der Waals surface area contributed by atoms with Crippen molar-refractivity contribution in [3.8, 4) is 0 Å². The van der Waals surface area contributed by atoms with Gasteiger partial charge in [0.2, 0.25) is 0 Å². The maximum absolute atomic E-state index is 11.8. The molecule has 1 saturated heterocycles. The summed E-state index contributed by atoms with van der Waals surface area (Å²) in [5.41, 5.74) is 7.89. The highest BCUT2D eigenvalue weighted by atomic mass is 32.2. The predicted octanol–water partition coefficient (Wildman–Crippen LogP) is 1.62. The Morgan fingerprint density at radius 2 is 2.15 bits per heavy atom. The monoisotopic (exact) mass is 314 g/mol. The lowest BCUT2D eigenvalue weighted by Crippen LogP contribution is -2.47. The van der Waals surface area contributed by atoms with Gasteiger partial charge in [-0.05, 0) is 31.0 Å².